The Bertz CT molecular complexity index is 242. The highest BCUT2D eigenvalue weighted by atomic mass is 32.2. The van der Waals surface area contributed by atoms with E-state index in [1.807, 2.05) is 20.8 Å². The fourth-order valence-corrected chi connectivity index (χ4v) is 3.92. The van der Waals surface area contributed by atoms with Gasteiger partial charge in [-0.05, 0) is 20.3 Å². The quantitative estimate of drug-likeness (QED) is 0.680. The Kier molecular flexibility index (Phi) is 6.09. The number of thioether (sulfide) groups is 1. The zero-order valence-electron chi connectivity index (χ0n) is 9.25. The molecule has 5 heteroatoms. The van der Waals surface area contributed by atoms with Crippen molar-refractivity contribution >= 4 is 21.6 Å². The molecule has 0 radical (unpaired) electrons. The van der Waals surface area contributed by atoms with E-state index in [9.17, 15) is 8.42 Å². The lowest BCUT2D eigenvalue weighted by atomic mass is 10.1. The second-order valence-corrected chi connectivity index (χ2v) is 7.60. The molecule has 0 aliphatic rings. The van der Waals surface area contributed by atoms with Crippen molar-refractivity contribution in [3.05, 3.63) is 0 Å². The predicted octanol–water partition coefficient (Wildman–Crippen LogP) is 1.28. The molecule has 0 aromatic rings. The summed E-state index contributed by atoms with van der Waals surface area (Å²) in [5.41, 5.74) is 5.56. The zero-order valence-corrected chi connectivity index (χ0v) is 10.9. The van der Waals surface area contributed by atoms with E-state index in [0.29, 0.717) is 17.9 Å². The number of sulfone groups is 1. The topological polar surface area (TPSA) is 60.2 Å². The third-order valence-electron chi connectivity index (χ3n) is 1.53. The van der Waals surface area contributed by atoms with Crippen LogP contribution < -0.4 is 5.73 Å². The van der Waals surface area contributed by atoms with Crippen molar-refractivity contribution in [1.82, 2.24) is 0 Å². The fraction of sp³-hybridized carbons (Fsp3) is 1.00. The van der Waals surface area contributed by atoms with Crippen LogP contribution in [0.4, 0.5) is 0 Å². The van der Waals surface area contributed by atoms with E-state index in [2.05, 4.69) is 0 Å². The molecule has 0 heterocycles. The van der Waals surface area contributed by atoms with Gasteiger partial charge in [0.1, 0.15) is 0 Å². The smallest absolute Gasteiger partial charge is 0.151 e. The van der Waals surface area contributed by atoms with Gasteiger partial charge in [-0.3, -0.25) is 0 Å². The first-order valence-electron chi connectivity index (χ1n) is 4.84. The highest BCUT2D eigenvalue weighted by Crippen LogP contribution is 2.10. The van der Waals surface area contributed by atoms with Crippen molar-refractivity contribution in [2.75, 3.05) is 23.0 Å². The number of rotatable bonds is 7. The molecule has 0 unspecified atom stereocenters. The molecule has 0 aromatic carbocycles. The van der Waals surface area contributed by atoms with E-state index in [-0.39, 0.29) is 11.3 Å². The van der Waals surface area contributed by atoms with Crippen molar-refractivity contribution in [1.29, 1.82) is 0 Å². The molecule has 86 valence electrons. The Morgan fingerprint density at radius 1 is 1.29 bits per heavy atom. The molecule has 14 heavy (non-hydrogen) atoms. The molecule has 0 atom stereocenters. The van der Waals surface area contributed by atoms with Gasteiger partial charge in [0.05, 0.1) is 5.75 Å². The van der Waals surface area contributed by atoms with Crippen LogP contribution in [-0.2, 0) is 9.84 Å². The molecule has 0 amide bonds. The van der Waals surface area contributed by atoms with Crippen LogP contribution in [-0.4, -0.2) is 37.0 Å². The molecule has 0 rings (SSSR count). The summed E-state index contributed by atoms with van der Waals surface area (Å²) in [6.07, 6.45) is 0.704. The molecule has 2 N–H and O–H groups in total. The van der Waals surface area contributed by atoms with Crippen molar-refractivity contribution in [2.24, 2.45) is 5.73 Å². The molecule has 0 saturated carbocycles. The first-order valence-corrected chi connectivity index (χ1v) is 7.81. The largest absolute Gasteiger partial charge is 0.325 e. The molecule has 3 nitrogen and oxygen atoms in total. The van der Waals surface area contributed by atoms with Gasteiger partial charge in [0.2, 0.25) is 0 Å². The van der Waals surface area contributed by atoms with Crippen LogP contribution in [0.5, 0.6) is 0 Å². The molecule has 0 bridgehead atoms. The average molecular weight is 239 g/mol. The third kappa shape index (κ3) is 8.84. The Morgan fingerprint density at radius 3 is 2.29 bits per heavy atom. The van der Waals surface area contributed by atoms with Gasteiger partial charge >= 0.3 is 0 Å². The normalized spacial score (nSPS) is 13.1. The Hall–Kier alpha value is 0.260. The van der Waals surface area contributed by atoms with Crippen LogP contribution in [0, 0.1) is 0 Å². The minimum Gasteiger partial charge on any atom is -0.325 e. The molecule has 0 aliphatic carbocycles. The standard InChI is InChI=1S/C9H21NO2S2/c1-4-6-14(11,12)7-5-13-8-9(2,3)10/h4-8,10H2,1-3H3. The summed E-state index contributed by atoms with van der Waals surface area (Å²) in [6, 6.07) is 0. The average Bonchev–Trinajstić information content (AvgIpc) is 1.96. The predicted molar refractivity (Wildman–Crippen MR) is 64.5 cm³/mol. The minimum atomic E-state index is -2.81. The van der Waals surface area contributed by atoms with Gasteiger partial charge in [0, 0.05) is 22.8 Å². The summed E-state index contributed by atoms with van der Waals surface area (Å²) < 4.78 is 22.6. The Balaban J connectivity index is 3.65. The highest BCUT2D eigenvalue weighted by Gasteiger charge is 2.12. The summed E-state index contributed by atoms with van der Waals surface area (Å²) in [5, 5.41) is 0. The van der Waals surface area contributed by atoms with Crippen molar-refractivity contribution in [2.45, 2.75) is 32.7 Å². The van der Waals surface area contributed by atoms with E-state index in [4.69, 9.17) is 5.73 Å². The van der Waals surface area contributed by atoms with E-state index >= 15 is 0 Å². The zero-order chi connectivity index (χ0) is 11.2. The maximum Gasteiger partial charge on any atom is 0.151 e. The number of nitrogens with two attached hydrogens (primary N) is 1. The van der Waals surface area contributed by atoms with Crippen LogP contribution in [0.2, 0.25) is 0 Å². The van der Waals surface area contributed by atoms with Crippen LogP contribution >= 0.6 is 11.8 Å². The van der Waals surface area contributed by atoms with Gasteiger partial charge in [-0.2, -0.15) is 11.8 Å². The van der Waals surface area contributed by atoms with Crippen molar-refractivity contribution in [3.8, 4) is 0 Å². The molecule has 0 spiro atoms. The second-order valence-electron chi connectivity index (χ2n) is 4.19. The highest BCUT2D eigenvalue weighted by molar-refractivity contribution is 8.00. The lowest BCUT2D eigenvalue weighted by Gasteiger charge is -2.17. The van der Waals surface area contributed by atoms with Gasteiger partial charge < -0.3 is 5.73 Å². The molecular formula is C9H21NO2S2. The Morgan fingerprint density at radius 2 is 1.86 bits per heavy atom. The van der Waals surface area contributed by atoms with Gasteiger partial charge in [0.25, 0.3) is 0 Å². The van der Waals surface area contributed by atoms with Crippen molar-refractivity contribution < 1.29 is 8.42 Å². The monoisotopic (exact) mass is 239 g/mol. The SMILES string of the molecule is CCCS(=O)(=O)CCSCC(C)(C)N. The fourth-order valence-electron chi connectivity index (χ4n) is 0.934. The summed E-state index contributed by atoms with van der Waals surface area (Å²) in [4.78, 5) is 0. The van der Waals surface area contributed by atoms with E-state index in [1.54, 1.807) is 11.8 Å². The van der Waals surface area contributed by atoms with Crippen LogP contribution in [0.3, 0.4) is 0 Å². The van der Waals surface area contributed by atoms with Gasteiger partial charge in [0.15, 0.2) is 9.84 Å². The molecular weight excluding hydrogens is 218 g/mol. The van der Waals surface area contributed by atoms with E-state index in [0.717, 1.165) is 5.75 Å². The molecule has 0 aliphatic heterocycles. The minimum absolute atomic E-state index is 0.209. The van der Waals surface area contributed by atoms with Gasteiger partial charge in [-0.25, -0.2) is 8.42 Å². The van der Waals surface area contributed by atoms with Crippen LogP contribution in [0.15, 0.2) is 0 Å². The molecule has 0 fully saturated rings. The van der Waals surface area contributed by atoms with Crippen molar-refractivity contribution in [3.63, 3.8) is 0 Å². The molecule has 0 saturated heterocycles. The summed E-state index contributed by atoms with van der Waals surface area (Å²) in [5.74, 6) is 2.04. The Labute approximate surface area is 91.7 Å². The number of hydrogen-bond acceptors (Lipinski definition) is 4. The maximum absolute atomic E-state index is 11.3. The van der Waals surface area contributed by atoms with Gasteiger partial charge in [-0.1, -0.05) is 6.92 Å². The summed E-state index contributed by atoms with van der Waals surface area (Å²) in [6.45, 7) is 5.77. The lowest BCUT2D eigenvalue weighted by Crippen LogP contribution is -2.35. The lowest BCUT2D eigenvalue weighted by molar-refractivity contribution is 0.589. The number of hydrogen-bond donors (Lipinski definition) is 1. The summed E-state index contributed by atoms with van der Waals surface area (Å²) in [7, 11) is -2.81. The summed E-state index contributed by atoms with van der Waals surface area (Å²) >= 11 is 1.61. The first kappa shape index (κ1) is 14.3. The second kappa shape index (κ2) is 5.98. The van der Waals surface area contributed by atoms with E-state index in [1.165, 1.54) is 0 Å². The third-order valence-corrected chi connectivity index (χ3v) is 5.08. The first-order chi connectivity index (χ1) is 6.27. The van der Waals surface area contributed by atoms with Crippen LogP contribution in [0.25, 0.3) is 0 Å². The van der Waals surface area contributed by atoms with E-state index < -0.39 is 9.84 Å². The molecule has 0 aromatic heterocycles. The maximum atomic E-state index is 11.3. The van der Waals surface area contributed by atoms with Gasteiger partial charge in [-0.15, -0.1) is 0 Å². The van der Waals surface area contributed by atoms with Crippen LogP contribution in [0.1, 0.15) is 27.2 Å².